The normalized spacial score (nSPS) is 15.6. The van der Waals surface area contributed by atoms with E-state index in [4.69, 9.17) is 4.74 Å². The number of fused-ring (bicyclic) bond motifs is 1. The topological polar surface area (TPSA) is 81.5 Å². The van der Waals surface area contributed by atoms with Crippen molar-refractivity contribution >= 4 is 33.4 Å². The molecule has 2 aromatic heterocycles. The Morgan fingerprint density at radius 3 is 2.68 bits per heavy atom. The fraction of sp³-hybridized carbons (Fsp3) is 0.529. The maximum atomic E-state index is 12.6. The van der Waals surface area contributed by atoms with E-state index >= 15 is 0 Å². The van der Waals surface area contributed by atoms with Gasteiger partial charge in [0.05, 0.1) is 11.7 Å². The van der Waals surface area contributed by atoms with Crippen molar-refractivity contribution < 1.29 is 14.3 Å². The van der Waals surface area contributed by atoms with Crippen LogP contribution in [-0.2, 0) is 20.9 Å². The number of ether oxygens (including phenoxy) is 1. The van der Waals surface area contributed by atoms with Crippen LogP contribution in [0.3, 0.4) is 0 Å². The van der Waals surface area contributed by atoms with Gasteiger partial charge in [0, 0.05) is 18.0 Å². The molecule has 1 fully saturated rings. The van der Waals surface area contributed by atoms with E-state index in [0.717, 1.165) is 23.3 Å². The maximum absolute atomic E-state index is 12.6. The van der Waals surface area contributed by atoms with Gasteiger partial charge < -0.3 is 9.64 Å². The summed E-state index contributed by atoms with van der Waals surface area (Å²) in [6, 6.07) is 0. The monoisotopic (exact) mass is 363 g/mol. The third-order valence-corrected chi connectivity index (χ3v) is 5.64. The summed E-state index contributed by atoms with van der Waals surface area (Å²) < 4.78 is 6.45. The summed E-state index contributed by atoms with van der Waals surface area (Å²) in [5, 5.41) is 0.541. The maximum Gasteiger partial charge on any atom is 0.326 e. The molecule has 7 nitrogen and oxygen atoms in total. The smallest absolute Gasteiger partial charge is 0.326 e. The Bertz CT molecular complexity index is 880. The standard InChI is InChI=1S/C17H21N3O4S/c1-10-12(3)25-15-14(10)17(23)20(9-18-15)8-13(21)24-11(2)16(22)19-6-4-5-7-19/h9,11H,4-8H2,1-3H3/t11-/m1/s1. The molecule has 0 aromatic carbocycles. The first-order chi connectivity index (χ1) is 11.9. The molecule has 0 radical (unpaired) electrons. The van der Waals surface area contributed by atoms with Crippen LogP contribution >= 0.6 is 11.3 Å². The molecule has 0 saturated carbocycles. The third-order valence-electron chi connectivity index (χ3n) is 4.53. The minimum Gasteiger partial charge on any atom is -0.451 e. The number of aromatic nitrogens is 2. The molecule has 1 amide bonds. The second kappa shape index (κ2) is 6.95. The van der Waals surface area contributed by atoms with Gasteiger partial charge in [-0.3, -0.25) is 19.0 Å². The number of esters is 1. The van der Waals surface area contributed by atoms with Crippen molar-refractivity contribution in [3.63, 3.8) is 0 Å². The van der Waals surface area contributed by atoms with E-state index < -0.39 is 12.1 Å². The van der Waals surface area contributed by atoms with Crippen LogP contribution in [0.15, 0.2) is 11.1 Å². The molecule has 0 spiro atoms. The Morgan fingerprint density at radius 2 is 2.00 bits per heavy atom. The molecular weight excluding hydrogens is 342 g/mol. The van der Waals surface area contributed by atoms with Gasteiger partial charge in [-0.1, -0.05) is 0 Å². The second-order valence-corrected chi connectivity index (χ2v) is 7.51. The highest BCUT2D eigenvalue weighted by Crippen LogP contribution is 2.25. The molecule has 0 aliphatic carbocycles. The lowest BCUT2D eigenvalue weighted by molar-refractivity contribution is -0.159. The van der Waals surface area contributed by atoms with Gasteiger partial charge in [0.1, 0.15) is 11.4 Å². The van der Waals surface area contributed by atoms with Gasteiger partial charge in [0.15, 0.2) is 6.10 Å². The first-order valence-electron chi connectivity index (χ1n) is 8.32. The molecule has 1 saturated heterocycles. The summed E-state index contributed by atoms with van der Waals surface area (Å²) in [4.78, 5) is 44.6. The van der Waals surface area contributed by atoms with E-state index in [1.165, 1.54) is 22.2 Å². The van der Waals surface area contributed by atoms with Crippen molar-refractivity contribution in [2.45, 2.75) is 46.3 Å². The number of carbonyl (C=O) groups is 2. The molecule has 134 valence electrons. The van der Waals surface area contributed by atoms with E-state index in [-0.39, 0.29) is 18.0 Å². The van der Waals surface area contributed by atoms with Crippen LogP contribution in [0.2, 0.25) is 0 Å². The highest BCUT2D eigenvalue weighted by molar-refractivity contribution is 7.18. The Labute approximate surface area is 149 Å². The Morgan fingerprint density at radius 1 is 1.32 bits per heavy atom. The third kappa shape index (κ3) is 3.44. The van der Waals surface area contributed by atoms with Crippen molar-refractivity contribution in [1.82, 2.24) is 14.5 Å². The van der Waals surface area contributed by atoms with Gasteiger partial charge in [-0.25, -0.2) is 4.98 Å². The van der Waals surface area contributed by atoms with Crippen LogP contribution in [0.4, 0.5) is 0 Å². The number of amides is 1. The average Bonchev–Trinajstić information content (AvgIpc) is 3.19. The average molecular weight is 363 g/mol. The first kappa shape index (κ1) is 17.6. The summed E-state index contributed by atoms with van der Waals surface area (Å²) in [6.45, 7) is 6.53. The number of carbonyl (C=O) groups excluding carboxylic acids is 2. The molecule has 0 bridgehead atoms. The lowest BCUT2D eigenvalue weighted by atomic mass is 10.2. The van der Waals surface area contributed by atoms with E-state index in [9.17, 15) is 14.4 Å². The minimum absolute atomic E-state index is 0.184. The minimum atomic E-state index is -0.844. The molecule has 0 unspecified atom stereocenters. The molecule has 0 N–H and O–H groups in total. The van der Waals surface area contributed by atoms with E-state index in [1.807, 2.05) is 13.8 Å². The number of likely N-dealkylation sites (tertiary alicyclic amines) is 1. The Kier molecular flexibility index (Phi) is 4.89. The Hall–Kier alpha value is -2.22. The predicted molar refractivity (Wildman–Crippen MR) is 94.7 cm³/mol. The van der Waals surface area contributed by atoms with Crippen molar-refractivity contribution in [3.8, 4) is 0 Å². The number of rotatable bonds is 4. The Balaban J connectivity index is 1.71. The van der Waals surface area contributed by atoms with Gasteiger partial charge >= 0.3 is 5.97 Å². The molecule has 8 heteroatoms. The summed E-state index contributed by atoms with van der Waals surface area (Å²) in [5.74, 6) is -0.802. The molecule has 1 atom stereocenters. The number of thiophene rings is 1. The SMILES string of the molecule is Cc1sc2ncn(CC(=O)O[C@H](C)C(=O)N3CCCC3)c(=O)c2c1C. The van der Waals surface area contributed by atoms with Crippen LogP contribution < -0.4 is 5.56 Å². The summed E-state index contributed by atoms with van der Waals surface area (Å²) in [6.07, 6.45) is 2.47. The van der Waals surface area contributed by atoms with Crippen LogP contribution in [0.5, 0.6) is 0 Å². The lowest BCUT2D eigenvalue weighted by Crippen LogP contribution is -2.39. The predicted octanol–water partition coefficient (Wildman–Crippen LogP) is 1.63. The lowest BCUT2D eigenvalue weighted by Gasteiger charge is -2.20. The van der Waals surface area contributed by atoms with Gasteiger partial charge in [-0.05, 0) is 39.2 Å². The fourth-order valence-corrected chi connectivity index (χ4v) is 3.99. The van der Waals surface area contributed by atoms with Crippen LogP contribution in [0.25, 0.3) is 10.2 Å². The zero-order chi connectivity index (χ0) is 18.1. The second-order valence-electron chi connectivity index (χ2n) is 6.31. The highest BCUT2D eigenvalue weighted by atomic mass is 32.1. The van der Waals surface area contributed by atoms with Gasteiger partial charge in [-0.15, -0.1) is 11.3 Å². The van der Waals surface area contributed by atoms with Crippen molar-refractivity contribution in [1.29, 1.82) is 0 Å². The molecule has 3 heterocycles. The molecular formula is C17H21N3O4S. The zero-order valence-corrected chi connectivity index (χ0v) is 15.4. The van der Waals surface area contributed by atoms with Crippen LogP contribution in [-0.4, -0.2) is 45.5 Å². The molecule has 3 rings (SSSR count). The van der Waals surface area contributed by atoms with Crippen LogP contribution in [0.1, 0.15) is 30.2 Å². The summed E-state index contributed by atoms with van der Waals surface area (Å²) in [7, 11) is 0. The molecule has 25 heavy (non-hydrogen) atoms. The van der Waals surface area contributed by atoms with Gasteiger partial charge in [0.2, 0.25) is 0 Å². The quantitative estimate of drug-likeness (QED) is 0.771. The van der Waals surface area contributed by atoms with E-state index in [0.29, 0.717) is 23.3 Å². The largest absolute Gasteiger partial charge is 0.451 e. The first-order valence-corrected chi connectivity index (χ1v) is 9.13. The van der Waals surface area contributed by atoms with E-state index in [2.05, 4.69) is 4.98 Å². The van der Waals surface area contributed by atoms with Gasteiger partial charge in [0.25, 0.3) is 11.5 Å². The number of hydrogen-bond acceptors (Lipinski definition) is 6. The van der Waals surface area contributed by atoms with Crippen molar-refractivity contribution in [3.05, 3.63) is 27.1 Å². The van der Waals surface area contributed by atoms with E-state index in [1.54, 1.807) is 11.8 Å². The van der Waals surface area contributed by atoms with Crippen molar-refractivity contribution in [2.24, 2.45) is 0 Å². The highest BCUT2D eigenvalue weighted by Gasteiger charge is 2.26. The molecule has 1 aliphatic heterocycles. The number of nitrogens with zero attached hydrogens (tertiary/aromatic N) is 3. The number of hydrogen-bond donors (Lipinski definition) is 0. The van der Waals surface area contributed by atoms with Crippen molar-refractivity contribution in [2.75, 3.05) is 13.1 Å². The van der Waals surface area contributed by atoms with Crippen LogP contribution in [0, 0.1) is 13.8 Å². The summed E-state index contributed by atoms with van der Waals surface area (Å²) in [5.41, 5.74) is 0.625. The molecule has 1 aliphatic rings. The number of aryl methyl sites for hydroxylation is 2. The zero-order valence-electron chi connectivity index (χ0n) is 14.6. The summed E-state index contributed by atoms with van der Waals surface area (Å²) >= 11 is 1.46. The molecule has 2 aromatic rings. The fourth-order valence-electron chi connectivity index (χ4n) is 3.00. The van der Waals surface area contributed by atoms with Gasteiger partial charge in [-0.2, -0.15) is 0 Å².